The number of hydrogen-bond donors (Lipinski definition) is 0. The molecule has 0 rings (SSSR count). The van der Waals surface area contributed by atoms with E-state index < -0.39 is 24.3 Å². The van der Waals surface area contributed by atoms with Crippen LogP contribution in [0.3, 0.4) is 0 Å². The summed E-state index contributed by atoms with van der Waals surface area (Å²) in [5, 5.41) is 11.8. The average molecular weight is 1240 g/mol. The molecule has 0 fully saturated rings. The van der Waals surface area contributed by atoms with Crippen molar-refractivity contribution in [2.24, 2.45) is 0 Å². The van der Waals surface area contributed by atoms with Gasteiger partial charge < -0.3 is 33.3 Å². The van der Waals surface area contributed by atoms with E-state index in [-0.39, 0.29) is 38.6 Å². The van der Waals surface area contributed by atoms with Crippen LogP contribution in [-0.2, 0) is 33.3 Å². The summed E-state index contributed by atoms with van der Waals surface area (Å²) in [5.74, 6) is -2.27. The number of likely N-dealkylation sites (N-methyl/N-ethyl adjacent to an activating group) is 1. The largest absolute Gasteiger partial charge is 0.545 e. The first-order chi connectivity index (χ1) is 43.6. The molecule has 2 unspecified atom stereocenters. The molecule has 0 saturated heterocycles. The van der Waals surface area contributed by atoms with E-state index in [4.69, 9.17) is 18.9 Å². The van der Waals surface area contributed by atoms with E-state index in [1.54, 1.807) is 0 Å². The lowest BCUT2D eigenvalue weighted by Gasteiger charge is -2.26. The van der Waals surface area contributed by atoms with Crippen LogP contribution >= 0.6 is 0 Å². The summed E-state index contributed by atoms with van der Waals surface area (Å²) in [4.78, 5) is 37.5. The quantitative estimate of drug-likeness (QED) is 0.0195. The zero-order chi connectivity index (χ0) is 64.7. The van der Waals surface area contributed by atoms with Gasteiger partial charge in [0.25, 0.3) is 0 Å². The molecule has 0 radical (unpaired) electrons. The highest BCUT2D eigenvalue weighted by Crippen LogP contribution is 2.18. The number of esters is 2. The Morgan fingerprint density at radius 2 is 0.607 bits per heavy atom. The Kier molecular flexibility index (Phi) is 66.2. The van der Waals surface area contributed by atoms with Crippen molar-refractivity contribution in [3.8, 4) is 0 Å². The van der Waals surface area contributed by atoms with E-state index in [2.05, 4.69) is 135 Å². The number of carboxylic acids is 1. The van der Waals surface area contributed by atoms with Crippen LogP contribution in [0.4, 0.5) is 0 Å². The molecule has 0 aliphatic carbocycles. The van der Waals surface area contributed by atoms with Crippen LogP contribution in [0.25, 0.3) is 0 Å². The number of carbonyl (C=O) groups excluding carboxylic acids is 3. The number of unbranched alkanes of at least 4 members (excludes halogenated alkanes) is 32. The number of carboxylic acid groups (broad SMARTS) is 1. The molecule has 0 bridgehead atoms. The smallest absolute Gasteiger partial charge is 0.306 e. The normalized spacial score (nSPS) is 13.4. The van der Waals surface area contributed by atoms with Gasteiger partial charge in [-0.2, -0.15) is 0 Å². The van der Waals surface area contributed by atoms with Crippen LogP contribution in [0.5, 0.6) is 0 Å². The molecule has 510 valence electrons. The van der Waals surface area contributed by atoms with Gasteiger partial charge >= 0.3 is 11.9 Å². The third kappa shape index (κ3) is 71.0. The molecule has 89 heavy (non-hydrogen) atoms. The van der Waals surface area contributed by atoms with Gasteiger partial charge in [0.1, 0.15) is 13.2 Å². The van der Waals surface area contributed by atoms with Crippen molar-refractivity contribution in [3.63, 3.8) is 0 Å². The molecular formula is C80H137NO8. The van der Waals surface area contributed by atoms with Crippen molar-refractivity contribution in [2.75, 3.05) is 47.5 Å². The van der Waals surface area contributed by atoms with Crippen LogP contribution in [0.1, 0.15) is 309 Å². The van der Waals surface area contributed by atoms with Crippen LogP contribution < -0.4 is 5.11 Å². The van der Waals surface area contributed by atoms with Gasteiger partial charge in [-0.1, -0.05) is 315 Å². The molecular weight excluding hydrogens is 1100 g/mol. The van der Waals surface area contributed by atoms with Crippen molar-refractivity contribution in [2.45, 2.75) is 322 Å². The Morgan fingerprint density at radius 1 is 0.337 bits per heavy atom. The minimum Gasteiger partial charge on any atom is -0.545 e. The van der Waals surface area contributed by atoms with Gasteiger partial charge in [-0.25, -0.2) is 0 Å². The molecule has 9 heteroatoms. The molecule has 0 amide bonds. The van der Waals surface area contributed by atoms with Crippen LogP contribution in [0.2, 0.25) is 0 Å². The first kappa shape index (κ1) is 84.7. The van der Waals surface area contributed by atoms with E-state index in [0.717, 1.165) is 96.3 Å². The molecule has 0 aromatic carbocycles. The zero-order valence-electron chi connectivity index (χ0n) is 58.3. The Bertz CT molecular complexity index is 1880. The van der Waals surface area contributed by atoms with E-state index in [1.165, 1.54) is 180 Å². The maximum atomic E-state index is 13.0. The summed E-state index contributed by atoms with van der Waals surface area (Å²) in [7, 11) is 5.93. The second-order valence-electron chi connectivity index (χ2n) is 25.5. The zero-order valence-corrected chi connectivity index (χ0v) is 58.3. The lowest BCUT2D eigenvalue weighted by Crippen LogP contribution is -2.44. The number of quaternary nitrogens is 1. The van der Waals surface area contributed by atoms with Gasteiger partial charge in [0.2, 0.25) is 0 Å². The highest BCUT2D eigenvalue weighted by molar-refractivity contribution is 5.70. The number of allylic oxidation sites excluding steroid dienone is 20. The molecule has 0 spiro atoms. The number of nitrogens with zero attached hydrogens (tertiary/aromatic N) is 1. The van der Waals surface area contributed by atoms with Gasteiger partial charge in [0.05, 0.1) is 40.3 Å². The SMILES string of the molecule is CC/C=C\C/C=C\C/C=C\C/C=C\C/C=C\C/C=C\CCCCCCCCCCCCCCCCCCCCC(=O)OC(COC(=O)CCCCCCCCCCCCCCCC/C=C\C/C=C\C/C=C\C/C=C\CC)COC(OCC[N+](C)(C)C)C(=O)[O-]. The Balaban J connectivity index is 4.06. The molecule has 9 nitrogen and oxygen atoms in total. The van der Waals surface area contributed by atoms with Crippen LogP contribution in [-0.4, -0.2) is 82.3 Å². The number of ether oxygens (including phenoxy) is 4. The van der Waals surface area contributed by atoms with Gasteiger partial charge in [-0.05, 0) is 103 Å². The second kappa shape index (κ2) is 69.6. The van der Waals surface area contributed by atoms with E-state index in [9.17, 15) is 19.5 Å². The fourth-order valence-electron chi connectivity index (χ4n) is 10.2. The topological polar surface area (TPSA) is 111 Å². The van der Waals surface area contributed by atoms with Gasteiger partial charge in [-0.15, -0.1) is 0 Å². The second-order valence-corrected chi connectivity index (χ2v) is 25.5. The van der Waals surface area contributed by atoms with Crippen molar-refractivity contribution in [1.29, 1.82) is 0 Å². The van der Waals surface area contributed by atoms with Crippen molar-refractivity contribution >= 4 is 17.9 Å². The average Bonchev–Trinajstić information content (AvgIpc) is 3.70. The fourth-order valence-corrected chi connectivity index (χ4v) is 10.2. The Morgan fingerprint density at radius 3 is 0.899 bits per heavy atom. The summed E-state index contributed by atoms with van der Waals surface area (Å²) in [6.45, 7) is 4.55. The lowest BCUT2D eigenvalue weighted by molar-refractivity contribution is -0.870. The third-order valence-corrected chi connectivity index (χ3v) is 15.7. The minimum absolute atomic E-state index is 0.145. The molecule has 2 atom stereocenters. The monoisotopic (exact) mass is 1240 g/mol. The fraction of sp³-hybridized carbons (Fsp3) is 0.713. The number of rotatable bonds is 67. The summed E-state index contributed by atoms with van der Waals surface area (Å²) < 4.78 is 22.8. The third-order valence-electron chi connectivity index (χ3n) is 15.7. The minimum atomic E-state index is -1.63. The summed E-state index contributed by atoms with van der Waals surface area (Å²) in [5.41, 5.74) is 0. The van der Waals surface area contributed by atoms with Crippen LogP contribution in [0.15, 0.2) is 122 Å². The molecule has 0 saturated carbocycles. The van der Waals surface area contributed by atoms with Gasteiger partial charge in [-0.3, -0.25) is 9.59 Å². The maximum Gasteiger partial charge on any atom is 0.306 e. The van der Waals surface area contributed by atoms with Crippen molar-refractivity contribution in [1.82, 2.24) is 0 Å². The van der Waals surface area contributed by atoms with Gasteiger partial charge in [0.15, 0.2) is 12.4 Å². The van der Waals surface area contributed by atoms with E-state index in [1.807, 2.05) is 21.1 Å². The van der Waals surface area contributed by atoms with Crippen LogP contribution in [0, 0.1) is 0 Å². The lowest BCUT2D eigenvalue weighted by atomic mass is 10.0. The number of aliphatic carboxylic acids is 1. The molecule has 0 heterocycles. The molecule has 0 aromatic heterocycles. The number of hydrogen-bond acceptors (Lipinski definition) is 8. The van der Waals surface area contributed by atoms with Gasteiger partial charge in [0, 0.05) is 12.8 Å². The van der Waals surface area contributed by atoms with Crippen molar-refractivity contribution in [3.05, 3.63) is 122 Å². The molecule has 0 aliphatic rings. The highest BCUT2D eigenvalue weighted by Gasteiger charge is 2.22. The Labute approximate surface area is 548 Å². The summed E-state index contributed by atoms with van der Waals surface area (Å²) in [6.07, 6.45) is 95.7. The molecule has 0 N–H and O–H groups in total. The summed E-state index contributed by atoms with van der Waals surface area (Å²) in [6, 6.07) is 0. The predicted molar refractivity (Wildman–Crippen MR) is 380 cm³/mol. The van der Waals surface area contributed by atoms with Crippen molar-refractivity contribution < 1.29 is 42.9 Å². The standard InChI is InChI=1S/C80H137NO8/c1-6-8-10-12-14-16-18-20-22-24-26-28-30-32-34-35-36-37-38-39-40-41-42-43-45-47-49-51-53-55-57-59-61-63-65-67-69-71-78(83)89-76(75-88-80(79(84)85)86-73-72-81(3,4)5)74-87-77(82)70-68-66-64-62-60-58-56-54-52-50-48-46-44-33-31-29-27-25-23-21-19-17-15-13-11-9-7-2/h8-11,14-17,20-23,26-29,32,34,36-37,76,80H,6-7,12-13,18-19,24-25,30-31,33,35,38-75H2,1-5H3/b10-8-,11-9-,16-14-,17-15-,22-20-,23-21-,28-26-,29-27-,34-32-,37-36-. The summed E-state index contributed by atoms with van der Waals surface area (Å²) >= 11 is 0. The first-order valence-corrected chi connectivity index (χ1v) is 36.7. The number of carbonyl (C=O) groups is 3. The molecule has 0 aliphatic heterocycles. The predicted octanol–water partition coefficient (Wildman–Crippen LogP) is 21.8. The van der Waals surface area contributed by atoms with E-state index >= 15 is 0 Å². The van der Waals surface area contributed by atoms with E-state index in [0.29, 0.717) is 17.4 Å². The first-order valence-electron chi connectivity index (χ1n) is 36.7. The highest BCUT2D eigenvalue weighted by atomic mass is 16.7. The maximum absolute atomic E-state index is 13.0. The Hall–Kier alpha value is -4.31. The molecule has 0 aromatic rings.